The number of phenols is 1. The average Bonchev–Trinajstić information content (AvgIpc) is 2.29. The van der Waals surface area contributed by atoms with Crippen LogP contribution in [-0.4, -0.2) is 18.1 Å². The van der Waals surface area contributed by atoms with Crippen molar-refractivity contribution in [2.75, 3.05) is 11.9 Å². The van der Waals surface area contributed by atoms with E-state index in [2.05, 4.69) is 6.92 Å². The summed E-state index contributed by atoms with van der Waals surface area (Å²) < 4.78 is 0. The zero-order valence-electron chi connectivity index (χ0n) is 9.94. The molecule has 0 atom stereocenters. The van der Waals surface area contributed by atoms with Crippen LogP contribution in [0, 0.1) is 0 Å². The van der Waals surface area contributed by atoms with E-state index in [0.717, 1.165) is 24.9 Å². The third kappa shape index (κ3) is 3.57. The highest BCUT2D eigenvalue weighted by molar-refractivity contribution is 5.92. The lowest BCUT2D eigenvalue weighted by Gasteiger charge is -2.17. The molecule has 0 heterocycles. The Morgan fingerprint density at radius 3 is 2.44 bits per heavy atom. The van der Waals surface area contributed by atoms with Gasteiger partial charge in [-0.3, -0.25) is 4.79 Å². The van der Waals surface area contributed by atoms with Crippen molar-refractivity contribution in [2.24, 2.45) is 0 Å². The van der Waals surface area contributed by atoms with Crippen LogP contribution in [0.1, 0.15) is 32.6 Å². The van der Waals surface area contributed by atoms with Gasteiger partial charge in [-0.1, -0.05) is 19.8 Å². The lowest BCUT2D eigenvalue weighted by molar-refractivity contribution is -0.118. The molecule has 1 amide bonds. The molecule has 0 radical (unpaired) electrons. The van der Waals surface area contributed by atoms with Gasteiger partial charge in [-0.05, 0) is 30.7 Å². The summed E-state index contributed by atoms with van der Waals surface area (Å²) in [7, 11) is 1.76. The number of carbonyl (C=O) groups excluding carboxylic acids is 1. The number of hydrogen-bond donors (Lipinski definition) is 1. The molecule has 0 saturated carbocycles. The SMILES string of the molecule is CCCCCC(=O)N(C)c1ccc(O)cc1. The smallest absolute Gasteiger partial charge is 0.226 e. The monoisotopic (exact) mass is 221 g/mol. The lowest BCUT2D eigenvalue weighted by atomic mass is 10.2. The van der Waals surface area contributed by atoms with Gasteiger partial charge in [0.25, 0.3) is 0 Å². The van der Waals surface area contributed by atoms with Crippen LogP contribution in [0.15, 0.2) is 24.3 Å². The first-order valence-electron chi connectivity index (χ1n) is 5.70. The fraction of sp³-hybridized carbons (Fsp3) is 0.462. The Kier molecular flexibility index (Phi) is 4.83. The fourth-order valence-corrected chi connectivity index (χ4v) is 1.51. The van der Waals surface area contributed by atoms with E-state index in [1.165, 1.54) is 0 Å². The summed E-state index contributed by atoms with van der Waals surface area (Å²) in [5.74, 6) is 0.342. The highest BCUT2D eigenvalue weighted by Gasteiger charge is 2.09. The lowest BCUT2D eigenvalue weighted by Crippen LogP contribution is -2.25. The van der Waals surface area contributed by atoms with E-state index in [0.29, 0.717) is 6.42 Å². The Bertz CT molecular complexity index is 332. The first kappa shape index (κ1) is 12.6. The van der Waals surface area contributed by atoms with Crippen molar-refractivity contribution in [2.45, 2.75) is 32.6 Å². The van der Waals surface area contributed by atoms with Crippen molar-refractivity contribution in [1.82, 2.24) is 0 Å². The second kappa shape index (κ2) is 6.16. The largest absolute Gasteiger partial charge is 0.508 e. The third-order valence-corrected chi connectivity index (χ3v) is 2.61. The minimum Gasteiger partial charge on any atom is -0.508 e. The topological polar surface area (TPSA) is 40.5 Å². The number of nitrogens with zero attached hydrogens (tertiary/aromatic N) is 1. The summed E-state index contributed by atoms with van der Waals surface area (Å²) in [4.78, 5) is 13.4. The molecule has 1 aromatic rings. The molecule has 1 rings (SSSR count). The van der Waals surface area contributed by atoms with Gasteiger partial charge in [0.15, 0.2) is 0 Å². The fourth-order valence-electron chi connectivity index (χ4n) is 1.51. The van der Waals surface area contributed by atoms with E-state index in [1.807, 2.05) is 0 Å². The maximum atomic E-state index is 11.8. The number of aromatic hydroxyl groups is 1. The molecule has 1 aromatic carbocycles. The molecule has 1 N–H and O–H groups in total. The van der Waals surface area contributed by atoms with Gasteiger partial charge in [0.1, 0.15) is 5.75 Å². The number of amides is 1. The van der Waals surface area contributed by atoms with Gasteiger partial charge in [0.05, 0.1) is 0 Å². The van der Waals surface area contributed by atoms with Crippen molar-refractivity contribution in [3.63, 3.8) is 0 Å². The van der Waals surface area contributed by atoms with Crippen molar-refractivity contribution in [1.29, 1.82) is 0 Å². The molecule has 88 valence electrons. The molecule has 0 aliphatic heterocycles. The molecular formula is C13H19NO2. The second-order valence-electron chi connectivity index (χ2n) is 3.93. The molecule has 0 fully saturated rings. The van der Waals surface area contributed by atoms with E-state index in [9.17, 15) is 4.79 Å². The van der Waals surface area contributed by atoms with Crippen LogP contribution in [-0.2, 0) is 4.79 Å². The van der Waals surface area contributed by atoms with Crippen LogP contribution >= 0.6 is 0 Å². The molecule has 0 aliphatic carbocycles. The molecule has 0 unspecified atom stereocenters. The number of phenolic OH excluding ortho intramolecular Hbond substituents is 1. The maximum absolute atomic E-state index is 11.8. The highest BCUT2D eigenvalue weighted by Crippen LogP contribution is 2.18. The van der Waals surface area contributed by atoms with E-state index in [1.54, 1.807) is 36.2 Å². The zero-order chi connectivity index (χ0) is 12.0. The molecular weight excluding hydrogens is 202 g/mol. The van der Waals surface area contributed by atoms with Crippen LogP contribution in [0.2, 0.25) is 0 Å². The van der Waals surface area contributed by atoms with Gasteiger partial charge in [0, 0.05) is 19.2 Å². The summed E-state index contributed by atoms with van der Waals surface area (Å²) in [5, 5.41) is 9.15. The van der Waals surface area contributed by atoms with Gasteiger partial charge >= 0.3 is 0 Å². The number of carbonyl (C=O) groups is 1. The number of rotatable bonds is 5. The van der Waals surface area contributed by atoms with Crippen LogP contribution < -0.4 is 4.90 Å². The van der Waals surface area contributed by atoms with Gasteiger partial charge in [-0.2, -0.15) is 0 Å². The Balaban J connectivity index is 2.53. The van der Waals surface area contributed by atoms with Crippen molar-refractivity contribution < 1.29 is 9.90 Å². The first-order chi connectivity index (χ1) is 7.65. The minimum atomic E-state index is 0.124. The Labute approximate surface area is 96.7 Å². The number of unbranched alkanes of at least 4 members (excludes halogenated alkanes) is 2. The predicted octanol–water partition coefficient (Wildman–Crippen LogP) is 2.94. The molecule has 3 nitrogen and oxygen atoms in total. The van der Waals surface area contributed by atoms with Crippen LogP contribution in [0.5, 0.6) is 5.75 Å². The van der Waals surface area contributed by atoms with Crippen LogP contribution in [0.3, 0.4) is 0 Å². The van der Waals surface area contributed by atoms with E-state index >= 15 is 0 Å². The normalized spacial score (nSPS) is 10.1. The van der Waals surface area contributed by atoms with Crippen molar-refractivity contribution in [3.8, 4) is 5.75 Å². The van der Waals surface area contributed by atoms with Gasteiger partial charge in [-0.15, -0.1) is 0 Å². The summed E-state index contributed by atoms with van der Waals surface area (Å²) in [5.41, 5.74) is 0.819. The molecule has 0 saturated heterocycles. The maximum Gasteiger partial charge on any atom is 0.226 e. The van der Waals surface area contributed by atoms with E-state index in [-0.39, 0.29) is 11.7 Å². The standard InChI is InChI=1S/C13H19NO2/c1-3-4-5-6-13(16)14(2)11-7-9-12(15)10-8-11/h7-10,15H,3-6H2,1-2H3. The average molecular weight is 221 g/mol. The van der Waals surface area contributed by atoms with Crippen molar-refractivity contribution in [3.05, 3.63) is 24.3 Å². The molecule has 0 bridgehead atoms. The van der Waals surface area contributed by atoms with Crippen LogP contribution in [0.25, 0.3) is 0 Å². The van der Waals surface area contributed by atoms with Crippen LogP contribution in [0.4, 0.5) is 5.69 Å². The van der Waals surface area contributed by atoms with Gasteiger partial charge < -0.3 is 10.0 Å². The zero-order valence-corrected chi connectivity index (χ0v) is 9.94. The summed E-state index contributed by atoms with van der Waals surface area (Å²) in [6.45, 7) is 2.12. The Morgan fingerprint density at radius 1 is 1.25 bits per heavy atom. The Hall–Kier alpha value is -1.51. The minimum absolute atomic E-state index is 0.124. The number of anilines is 1. The van der Waals surface area contributed by atoms with Gasteiger partial charge in [0.2, 0.25) is 5.91 Å². The van der Waals surface area contributed by atoms with Crippen molar-refractivity contribution >= 4 is 11.6 Å². The predicted molar refractivity (Wildman–Crippen MR) is 65.7 cm³/mol. The highest BCUT2D eigenvalue weighted by atomic mass is 16.3. The molecule has 0 aliphatic rings. The van der Waals surface area contributed by atoms with E-state index in [4.69, 9.17) is 5.11 Å². The number of benzene rings is 1. The summed E-state index contributed by atoms with van der Waals surface area (Å²) in [6, 6.07) is 6.66. The molecule has 16 heavy (non-hydrogen) atoms. The van der Waals surface area contributed by atoms with E-state index < -0.39 is 0 Å². The number of hydrogen-bond acceptors (Lipinski definition) is 2. The molecule has 3 heteroatoms. The summed E-state index contributed by atoms with van der Waals surface area (Å²) >= 11 is 0. The molecule has 0 spiro atoms. The van der Waals surface area contributed by atoms with Gasteiger partial charge in [-0.25, -0.2) is 0 Å². The quantitative estimate of drug-likeness (QED) is 0.776. The second-order valence-corrected chi connectivity index (χ2v) is 3.93. The molecule has 0 aromatic heterocycles. The Morgan fingerprint density at radius 2 is 1.88 bits per heavy atom. The first-order valence-corrected chi connectivity index (χ1v) is 5.70. The summed E-state index contributed by atoms with van der Waals surface area (Å²) in [6.07, 6.45) is 3.74. The third-order valence-electron chi connectivity index (χ3n) is 2.61.